The van der Waals surface area contributed by atoms with E-state index in [2.05, 4.69) is 20.9 Å². The minimum absolute atomic E-state index is 0.0594. The van der Waals surface area contributed by atoms with E-state index in [1.807, 2.05) is 60.7 Å². The summed E-state index contributed by atoms with van der Waals surface area (Å²) >= 11 is 1.32. The number of hydrogen-bond donors (Lipinski definition) is 4. The fraction of sp³-hybridized carbons (Fsp3) is 0.0263. The first-order chi connectivity index (χ1) is 23.8. The number of non-ortho nitro benzene ring substituents is 1. The van der Waals surface area contributed by atoms with Gasteiger partial charge in [0.05, 0.1) is 4.92 Å². The summed E-state index contributed by atoms with van der Waals surface area (Å²) in [5, 5.41) is 19.8. The number of amides is 3. The quantitative estimate of drug-likeness (QED) is 0.0477. The molecular weight excluding hydrogens is 639 g/mol. The minimum Gasteiger partial charge on any atom is -0.361 e. The van der Waals surface area contributed by atoms with Gasteiger partial charge in [0.15, 0.2) is 0 Å². The molecule has 10 nitrogen and oxygen atoms in total. The summed E-state index contributed by atoms with van der Waals surface area (Å²) < 4.78 is 0. The van der Waals surface area contributed by atoms with Crippen molar-refractivity contribution in [2.45, 2.75) is 10.1 Å². The van der Waals surface area contributed by atoms with E-state index in [-0.39, 0.29) is 17.3 Å². The minimum atomic E-state index is -0.643. The third-order valence-corrected chi connectivity index (χ3v) is 8.77. The van der Waals surface area contributed by atoms with Gasteiger partial charge in [-0.05, 0) is 66.2 Å². The molecule has 6 aromatic rings. The van der Waals surface area contributed by atoms with E-state index < -0.39 is 22.0 Å². The molecule has 0 aliphatic carbocycles. The highest BCUT2D eigenvalue weighted by atomic mass is 32.2. The molecule has 0 saturated carbocycles. The molecule has 1 aromatic heterocycles. The molecule has 6 rings (SSSR count). The van der Waals surface area contributed by atoms with Crippen molar-refractivity contribution in [2.75, 3.05) is 10.6 Å². The number of nitrogens with one attached hydrogen (secondary N) is 4. The molecule has 0 fully saturated rings. The number of carbonyl (C=O) groups is 3. The number of aromatic nitrogens is 1. The molecule has 0 radical (unpaired) electrons. The first-order valence-corrected chi connectivity index (χ1v) is 16.0. The Labute approximate surface area is 285 Å². The number of H-pyrrole nitrogens is 1. The maximum atomic E-state index is 13.6. The van der Waals surface area contributed by atoms with Gasteiger partial charge in [0.25, 0.3) is 17.5 Å². The summed E-state index contributed by atoms with van der Waals surface area (Å²) in [5.41, 5.74) is 3.72. The summed E-state index contributed by atoms with van der Waals surface area (Å²) in [6.07, 6.45) is 3.41. The maximum absolute atomic E-state index is 13.6. The summed E-state index contributed by atoms with van der Waals surface area (Å²) in [6, 6.07) is 38.2. The molecule has 0 aliphatic heterocycles. The molecule has 0 saturated heterocycles. The number of thioether (sulfide) groups is 1. The van der Waals surface area contributed by atoms with Crippen LogP contribution in [0.3, 0.4) is 0 Å². The zero-order valence-electron chi connectivity index (χ0n) is 25.8. The predicted octanol–water partition coefficient (Wildman–Crippen LogP) is 7.96. The lowest BCUT2D eigenvalue weighted by atomic mass is 10.1. The van der Waals surface area contributed by atoms with Crippen molar-refractivity contribution in [3.8, 4) is 0 Å². The van der Waals surface area contributed by atoms with Crippen LogP contribution in [-0.4, -0.2) is 27.6 Å². The monoisotopic (exact) mass is 667 g/mol. The number of nitro benzene ring substituents is 1. The molecule has 1 heterocycles. The lowest BCUT2D eigenvalue weighted by Gasteiger charge is -2.17. The number of nitrogens with zero attached hydrogens (tertiary/aromatic N) is 1. The summed E-state index contributed by atoms with van der Waals surface area (Å²) in [4.78, 5) is 54.6. The van der Waals surface area contributed by atoms with Gasteiger partial charge < -0.3 is 20.9 Å². The molecule has 4 N–H and O–H groups in total. The lowest BCUT2D eigenvalue weighted by molar-refractivity contribution is -0.384. The third-order valence-electron chi connectivity index (χ3n) is 7.50. The van der Waals surface area contributed by atoms with Crippen LogP contribution < -0.4 is 16.0 Å². The smallest absolute Gasteiger partial charge is 0.272 e. The van der Waals surface area contributed by atoms with E-state index in [1.165, 1.54) is 36.0 Å². The van der Waals surface area contributed by atoms with Gasteiger partial charge in [-0.15, -0.1) is 11.8 Å². The molecule has 0 aliphatic rings. The van der Waals surface area contributed by atoms with Crippen LogP contribution in [0.4, 0.5) is 17.1 Å². The van der Waals surface area contributed by atoms with E-state index in [0.717, 1.165) is 26.9 Å². The number of benzene rings is 5. The summed E-state index contributed by atoms with van der Waals surface area (Å²) in [7, 11) is 0. The Morgan fingerprint density at radius 1 is 0.735 bits per heavy atom. The Balaban J connectivity index is 1.20. The number of carbonyl (C=O) groups excluding carboxylic acids is 3. The first-order valence-electron chi connectivity index (χ1n) is 15.2. The topological polar surface area (TPSA) is 146 Å². The molecular formula is C38H29N5O5S. The lowest BCUT2D eigenvalue weighted by Crippen LogP contribution is -2.30. The third kappa shape index (κ3) is 8.10. The van der Waals surface area contributed by atoms with Crippen molar-refractivity contribution in [1.29, 1.82) is 0 Å². The standard InChI is InChI=1S/C38H29N5O5S/c44-36(26-11-5-2-6-12-26)42-34(23-27-24-39-33-14-8-7-13-32(27)33)37(45)40-29-17-21-31(22-18-29)49-35(25-9-3-1-4-10-25)38(46)41-28-15-19-30(20-16-28)43(47)48/h1-24,35,39H,(H,40,45)(H,41,46)(H,42,44)/b34-23+/t35-/m1/s1. The fourth-order valence-electron chi connectivity index (χ4n) is 5.04. The zero-order valence-corrected chi connectivity index (χ0v) is 26.6. The van der Waals surface area contributed by atoms with E-state index in [1.54, 1.807) is 60.8 Å². The fourth-order valence-corrected chi connectivity index (χ4v) is 6.06. The van der Waals surface area contributed by atoms with Crippen molar-refractivity contribution in [3.63, 3.8) is 0 Å². The van der Waals surface area contributed by atoms with E-state index in [0.29, 0.717) is 16.9 Å². The molecule has 3 amide bonds. The summed E-state index contributed by atoms with van der Waals surface area (Å²) in [6.45, 7) is 0. The van der Waals surface area contributed by atoms with Crippen LogP contribution in [0.5, 0.6) is 0 Å². The van der Waals surface area contributed by atoms with Crippen LogP contribution in [0, 0.1) is 10.1 Å². The highest BCUT2D eigenvalue weighted by Crippen LogP contribution is 2.37. The van der Waals surface area contributed by atoms with Crippen LogP contribution >= 0.6 is 11.8 Å². The second-order valence-electron chi connectivity index (χ2n) is 10.8. The van der Waals surface area contributed by atoms with Crippen molar-refractivity contribution in [3.05, 3.63) is 172 Å². The van der Waals surface area contributed by atoms with E-state index in [4.69, 9.17) is 0 Å². The van der Waals surface area contributed by atoms with Crippen molar-refractivity contribution in [2.24, 2.45) is 0 Å². The molecule has 242 valence electrons. The normalized spacial score (nSPS) is 11.8. The Bertz CT molecular complexity index is 2150. The van der Waals surface area contributed by atoms with E-state index in [9.17, 15) is 24.5 Å². The van der Waals surface area contributed by atoms with Crippen LogP contribution in [0.25, 0.3) is 17.0 Å². The molecule has 0 bridgehead atoms. The molecule has 5 aromatic carbocycles. The predicted molar refractivity (Wildman–Crippen MR) is 192 cm³/mol. The maximum Gasteiger partial charge on any atom is 0.272 e. The van der Waals surface area contributed by atoms with Crippen molar-refractivity contribution in [1.82, 2.24) is 10.3 Å². The van der Waals surface area contributed by atoms with Gasteiger partial charge in [0.1, 0.15) is 10.9 Å². The Morgan fingerprint density at radius 2 is 1.35 bits per heavy atom. The van der Waals surface area contributed by atoms with Crippen molar-refractivity contribution < 1.29 is 19.3 Å². The number of para-hydroxylation sites is 1. The number of hydrogen-bond acceptors (Lipinski definition) is 6. The SMILES string of the molecule is O=C(Nc1ccc(S[C@@H](C(=O)Nc2ccc([N+](=O)[O-])cc2)c2ccccc2)cc1)/C(=C\c1c[nH]c2ccccc12)NC(=O)c1ccccc1. The molecule has 0 unspecified atom stereocenters. The van der Waals surface area contributed by atoms with Crippen molar-refractivity contribution >= 4 is 63.5 Å². The second kappa shape index (κ2) is 15.0. The highest BCUT2D eigenvalue weighted by Gasteiger charge is 2.23. The molecule has 11 heteroatoms. The van der Waals surface area contributed by atoms with Crippen LogP contribution in [0.1, 0.15) is 26.7 Å². The number of anilines is 2. The van der Waals surface area contributed by atoms with Gasteiger partial charge in [-0.1, -0.05) is 66.7 Å². The number of aromatic amines is 1. The zero-order chi connectivity index (χ0) is 34.2. The first kappa shape index (κ1) is 32.5. The number of nitro groups is 1. The van der Waals surface area contributed by atoms with Gasteiger partial charge in [-0.3, -0.25) is 24.5 Å². The van der Waals surface area contributed by atoms with Crippen LogP contribution in [0.2, 0.25) is 0 Å². The van der Waals surface area contributed by atoms with E-state index >= 15 is 0 Å². The largest absolute Gasteiger partial charge is 0.361 e. The Morgan fingerprint density at radius 3 is 2.04 bits per heavy atom. The van der Waals surface area contributed by atoms with Gasteiger partial charge >= 0.3 is 0 Å². The average Bonchev–Trinajstić information content (AvgIpc) is 3.54. The van der Waals surface area contributed by atoms with Crippen LogP contribution in [-0.2, 0) is 9.59 Å². The second-order valence-corrected chi connectivity index (χ2v) is 12.0. The van der Waals surface area contributed by atoms with Gasteiger partial charge in [-0.25, -0.2) is 0 Å². The molecule has 1 atom stereocenters. The number of fused-ring (bicyclic) bond motifs is 1. The molecule has 49 heavy (non-hydrogen) atoms. The summed E-state index contributed by atoms with van der Waals surface area (Å²) in [5.74, 6) is -1.24. The Hall–Kier alpha value is -6.46. The number of rotatable bonds is 11. The van der Waals surface area contributed by atoms with Gasteiger partial charge in [0.2, 0.25) is 5.91 Å². The molecule has 0 spiro atoms. The van der Waals surface area contributed by atoms with Gasteiger partial charge in [-0.2, -0.15) is 0 Å². The van der Waals surface area contributed by atoms with Gasteiger partial charge in [0, 0.05) is 56.6 Å². The van der Waals surface area contributed by atoms with Crippen LogP contribution in [0.15, 0.2) is 150 Å². The highest BCUT2D eigenvalue weighted by molar-refractivity contribution is 8.00. The average molecular weight is 668 g/mol. The Kier molecular flexibility index (Phi) is 9.92.